The van der Waals surface area contributed by atoms with Crippen LogP contribution >= 0.6 is 11.6 Å². The average Bonchev–Trinajstić information content (AvgIpc) is 3.11. The number of aromatic nitrogens is 2. The number of hydrogen-bond donors (Lipinski definition) is 1. The fraction of sp³-hybridized carbons (Fsp3) is 0.200. The van der Waals surface area contributed by atoms with E-state index in [0.717, 1.165) is 28.0 Å². The van der Waals surface area contributed by atoms with E-state index in [0.29, 0.717) is 36.0 Å². The highest BCUT2D eigenvalue weighted by molar-refractivity contribution is 6.32. The van der Waals surface area contributed by atoms with Crippen LogP contribution in [0.4, 0.5) is 0 Å². The predicted octanol–water partition coefficient (Wildman–Crippen LogP) is 5.32. The smallest absolute Gasteiger partial charge is 0.251 e. The summed E-state index contributed by atoms with van der Waals surface area (Å²) < 4.78 is 7.95. The predicted molar refractivity (Wildman–Crippen MR) is 124 cm³/mol. The van der Waals surface area contributed by atoms with Crippen molar-refractivity contribution in [2.75, 3.05) is 6.61 Å². The number of para-hydroxylation sites is 3. The summed E-state index contributed by atoms with van der Waals surface area (Å²) in [6.45, 7) is 5.31. The number of carbonyl (C=O) groups excluding carboxylic acids is 1. The average molecular weight is 434 g/mol. The number of imidazole rings is 1. The zero-order chi connectivity index (χ0) is 21.8. The van der Waals surface area contributed by atoms with Gasteiger partial charge in [-0.1, -0.05) is 53.6 Å². The molecule has 0 aliphatic carbocycles. The molecule has 3 aromatic carbocycles. The maximum absolute atomic E-state index is 12.7. The number of aryl methyl sites for hydroxylation is 2. The fourth-order valence-corrected chi connectivity index (χ4v) is 3.83. The van der Waals surface area contributed by atoms with E-state index in [-0.39, 0.29) is 5.91 Å². The first-order valence-electron chi connectivity index (χ1n) is 10.2. The molecule has 0 spiro atoms. The molecule has 4 aromatic rings. The Bertz CT molecular complexity index is 1230. The number of hydrogen-bond acceptors (Lipinski definition) is 3. The van der Waals surface area contributed by atoms with Crippen molar-refractivity contribution in [3.8, 4) is 5.75 Å². The van der Waals surface area contributed by atoms with Gasteiger partial charge in [-0.05, 0) is 49.7 Å². The van der Waals surface area contributed by atoms with Crippen molar-refractivity contribution >= 4 is 28.5 Å². The highest BCUT2D eigenvalue weighted by atomic mass is 35.5. The molecule has 0 radical (unpaired) electrons. The number of nitrogens with zero attached hydrogens (tertiary/aromatic N) is 2. The second-order valence-corrected chi connectivity index (χ2v) is 7.86. The number of rotatable bonds is 7. The molecular formula is C25H24ClN3O2. The molecule has 158 valence electrons. The van der Waals surface area contributed by atoms with Crippen LogP contribution < -0.4 is 10.1 Å². The van der Waals surface area contributed by atoms with Crippen LogP contribution in [0.3, 0.4) is 0 Å². The van der Waals surface area contributed by atoms with Crippen LogP contribution in [-0.2, 0) is 13.1 Å². The van der Waals surface area contributed by atoms with Gasteiger partial charge in [0.05, 0.1) is 29.1 Å². The first kappa shape index (κ1) is 20.9. The third kappa shape index (κ3) is 4.72. The minimum atomic E-state index is -0.108. The van der Waals surface area contributed by atoms with Crippen LogP contribution in [0.5, 0.6) is 5.75 Å². The number of fused-ring (bicyclic) bond motifs is 1. The second kappa shape index (κ2) is 9.23. The SMILES string of the molecule is Cc1ccc(C(=O)NCc2nc3ccccc3n2CCOc2ccccc2Cl)c(C)c1. The van der Waals surface area contributed by atoms with Gasteiger partial charge in [0.15, 0.2) is 0 Å². The number of halogens is 1. The van der Waals surface area contributed by atoms with E-state index in [1.165, 1.54) is 0 Å². The summed E-state index contributed by atoms with van der Waals surface area (Å²) in [5, 5.41) is 3.59. The Labute approximate surface area is 186 Å². The quantitative estimate of drug-likeness (QED) is 0.429. The lowest BCUT2D eigenvalue weighted by molar-refractivity contribution is 0.0949. The minimum Gasteiger partial charge on any atom is -0.490 e. The van der Waals surface area contributed by atoms with E-state index in [4.69, 9.17) is 21.3 Å². The van der Waals surface area contributed by atoms with E-state index in [9.17, 15) is 4.79 Å². The maximum atomic E-state index is 12.7. The largest absolute Gasteiger partial charge is 0.490 e. The molecule has 4 rings (SSSR count). The molecule has 0 fully saturated rings. The van der Waals surface area contributed by atoms with Gasteiger partial charge in [0.25, 0.3) is 5.91 Å². The lowest BCUT2D eigenvalue weighted by atomic mass is 10.1. The molecule has 0 aliphatic rings. The van der Waals surface area contributed by atoms with Crippen molar-refractivity contribution < 1.29 is 9.53 Å². The topological polar surface area (TPSA) is 56.2 Å². The van der Waals surface area contributed by atoms with E-state index in [1.807, 2.05) is 74.5 Å². The van der Waals surface area contributed by atoms with Gasteiger partial charge in [-0.15, -0.1) is 0 Å². The first-order valence-corrected chi connectivity index (χ1v) is 10.6. The van der Waals surface area contributed by atoms with Gasteiger partial charge in [-0.2, -0.15) is 0 Å². The summed E-state index contributed by atoms with van der Waals surface area (Å²) in [6, 6.07) is 21.2. The number of nitrogens with one attached hydrogen (secondary N) is 1. The summed E-state index contributed by atoms with van der Waals surface area (Å²) in [4.78, 5) is 17.5. The summed E-state index contributed by atoms with van der Waals surface area (Å²) in [7, 11) is 0. The molecule has 1 amide bonds. The van der Waals surface area contributed by atoms with Gasteiger partial charge < -0.3 is 14.6 Å². The van der Waals surface area contributed by atoms with E-state index < -0.39 is 0 Å². The van der Waals surface area contributed by atoms with Gasteiger partial charge in [-0.25, -0.2) is 4.98 Å². The molecule has 1 aromatic heterocycles. The van der Waals surface area contributed by atoms with Gasteiger partial charge in [0, 0.05) is 5.56 Å². The molecule has 6 heteroatoms. The summed E-state index contributed by atoms with van der Waals surface area (Å²) in [5.74, 6) is 1.32. The fourth-order valence-electron chi connectivity index (χ4n) is 3.64. The molecule has 0 unspecified atom stereocenters. The van der Waals surface area contributed by atoms with Gasteiger partial charge in [0.2, 0.25) is 0 Å². The summed E-state index contributed by atoms with van der Waals surface area (Å²) >= 11 is 6.18. The molecular weight excluding hydrogens is 410 g/mol. The second-order valence-electron chi connectivity index (χ2n) is 7.45. The normalized spacial score (nSPS) is 10.9. The highest BCUT2D eigenvalue weighted by Gasteiger charge is 2.14. The Morgan fingerprint density at radius 1 is 1.06 bits per heavy atom. The molecule has 1 heterocycles. The lowest BCUT2D eigenvalue weighted by Crippen LogP contribution is -2.26. The van der Waals surface area contributed by atoms with E-state index in [1.54, 1.807) is 6.07 Å². The van der Waals surface area contributed by atoms with Crippen LogP contribution in [0.15, 0.2) is 66.7 Å². The third-order valence-electron chi connectivity index (χ3n) is 5.18. The van der Waals surface area contributed by atoms with Crippen molar-refractivity contribution in [2.45, 2.75) is 26.9 Å². The van der Waals surface area contributed by atoms with Crippen LogP contribution in [0.2, 0.25) is 5.02 Å². The van der Waals surface area contributed by atoms with E-state index >= 15 is 0 Å². The monoisotopic (exact) mass is 433 g/mol. The zero-order valence-electron chi connectivity index (χ0n) is 17.6. The van der Waals surface area contributed by atoms with Crippen molar-refractivity contribution in [3.05, 3.63) is 94.3 Å². The molecule has 31 heavy (non-hydrogen) atoms. The molecule has 0 atom stereocenters. The van der Waals surface area contributed by atoms with Gasteiger partial charge in [-0.3, -0.25) is 4.79 Å². The molecule has 0 aliphatic heterocycles. The van der Waals surface area contributed by atoms with Crippen molar-refractivity contribution in [2.24, 2.45) is 0 Å². The van der Waals surface area contributed by atoms with Crippen molar-refractivity contribution in [1.82, 2.24) is 14.9 Å². The van der Waals surface area contributed by atoms with E-state index in [2.05, 4.69) is 9.88 Å². The molecule has 1 N–H and O–H groups in total. The van der Waals surface area contributed by atoms with Gasteiger partial charge >= 0.3 is 0 Å². The molecule has 5 nitrogen and oxygen atoms in total. The summed E-state index contributed by atoms with van der Waals surface area (Å²) in [5.41, 5.74) is 4.65. The molecule has 0 bridgehead atoms. The standard InChI is InChI=1S/C25H24ClN3O2/c1-17-11-12-19(18(2)15-17)25(30)27-16-24-28-21-8-4-5-9-22(21)29(24)13-14-31-23-10-6-3-7-20(23)26/h3-12,15H,13-14,16H2,1-2H3,(H,27,30). The Balaban J connectivity index is 1.50. The number of benzene rings is 3. The Kier molecular flexibility index (Phi) is 6.23. The molecule has 0 saturated heterocycles. The van der Waals surface area contributed by atoms with Gasteiger partial charge in [0.1, 0.15) is 18.2 Å². The highest BCUT2D eigenvalue weighted by Crippen LogP contribution is 2.23. The van der Waals surface area contributed by atoms with Crippen LogP contribution in [0, 0.1) is 13.8 Å². The zero-order valence-corrected chi connectivity index (χ0v) is 18.3. The molecule has 0 saturated carbocycles. The number of ether oxygens (including phenoxy) is 1. The van der Waals surface area contributed by atoms with Crippen molar-refractivity contribution in [1.29, 1.82) is 0 Å². The number of carbonyl (C=O) groups is 1. The van der Waals surface area contributed by atoms with Crippen LogP contribution in [0.1, 0.15) is 27.3 Å². The first-order chi connectivity index (χ1) is 15.0. The number of amides is 1. The van der Waals surface area contributed by atoms with Crippen molar-refractivity contribution in [3.63, 3.8) is 0 Å². The summed E-state index contributed by atoms with van der Waals surface area (Å²) in [6.07, 6.45) is 0. The third-order valence-corrected chi connectivity index (χ3v) is 5.49. The minimum absolute atomic E-state index is 0.108. The van der Waals surface area contributed by atoms with Crippen LogP contribution in [-0.4, -0.2) is 22.1 Å². The van der Waals surface area contributed by atoms with Crippen LogP contribution in [0.25, 0.3) is 11.0 Å². The lowest BCUT2D eigenvalue weighted by Gasteiger charge is -2.13. The maximum Gasteiger partial charge on any atom is 0.251 e. The Morgan fingerprint density at radius 3 is 2.65 bits per heavy atom. The Morgan fingerprint density at radius 2 is 1.84 bits per heavy atom. The Hall–Kier alpha value is -3.31.